The third kappa shape index (κ3) is 16.5. The predicted molar refractivity (Wildman–Crippen MR) is 213 cm³/mol. The van der Waals surface area contributed by atoms with E-state index in [9.17, 15) is 14.4 Å². The Labute approximate surface area is 312 Å². The van der Waals surface area contributed by atoms with Crippen molar-refractivity contribution in [3.05, 3.63) is 34.9 Å². The monoisotopic (exact) mass is 706 g/mol. The van der Waals surface area contributed by atoms with Crippen LogP contribution in [0.25, 0.3) is 0 Å². The van der Waals surface area contributed by atoms with Gasteiger partial charge in [0.25, 0.3) is 17.7 Å². The number of rotatable bonds is 6. The Balaban J connectivity index is 1.55. The van der Waals surface area contributed by atoms with Gasteiger partial charge < -0.3 is 16.0 Å². The SMILES string of the molecule is O=C(NC1CCCCCCCCCCC1)c1cccc(C(=O)NC2CCCCCCCCCCC2)c1C(=O)NC1CCCCCCCCCCC1. The van der Waals surface area contributed by atoms with E-state index in [2.05, 4.69) is 16.0 Å². The molecular formula is C45H75N3O3. The molecule has 1 aromatic carbocycles. The quantitative estimate of drug-likeness (QED) is 0.275. The van der Waals surface area contributed by atoms with Gasteiger partial charge in [-0.15, -0.1) is 0 Å². The van der Waals surface area contributed by atoms with Gasteiger partial charge >= 0.3 is 0 Å². The molecule has 0 heterocycles. The van der Waals surface area contributed by atoms with Crippen molar-refractivity contribution in [2.24, 2.45) is 0 Å². The second kappa shape index (κ2) is 25.6. The lowest BCUT2D eigenvalue weighted by molar-refractivity contribution is 0.0882. The van der Waals surface area contributed by atoms with Gasteiger partial charge in [0.1, 0.15) is 0 Å². The zero-order chi connectivity index (χ0) is 35.8. The minimum Gasteiger partial charge on any atom is -0.349 e. The molecule has 0 atom stereocenters. The Morgan fingerprint density at radius 1 is 0.333 bits per heavy atom. The number of amides is 3. The minimum absolute atomic E-state index is 0.0570. The number of hydrogen-bond acceptors (Lipinski definition) is 3. The van der Waals surface area contributed by atoms with Crippen LogP contribution in [-0.2, 0) is 0 Å². The van der Waals surface area contributed by atoms with E-state index in [1.807, 2.05) is 0 Å². The van der Waals surface area contributed by atoms with Crippen molar-refractivity contribution >= 4 is 17.7 Å². The Kier molecular flexibility index (Phi) is 20.8. The molecule has 0 radical (unpaired) electrons. The van der Waals surface area contributed by atoms with Crippen molar-refractivity contribution in [1.82, 2.24) is 16.0 Å². The molecule has 3 N–H and O–H groups in total. The molecule has 4 rings (SSSR count). The fourth-order valence-corrected chi connectivity index (χ4v) is 8.88. The zero-order valence-electron chi connectivity index (χ0n) is 32.5. The molecule has 1 aromatic rings. The maximum absolute atomic E-state index is 14.5. The summed E-state index contributed by atoms with van der Waals surface area (Å²) in [6, 6.07) is 5.58. The first-order chi connectivity index (χ1) is 25.1. The molecule has 3 aliphatic rings. The van der Waals surface area contributed by atoms with Gasteiger partial charge in [0.15, 0.2) is 0 Å². The summed E-state index contributed by atoms with van der Waals surface area (Å²) in [5, 5.41) is 10.1. The van der Waals surface area contributed by atoms with E-state index in [0.29, 0.717) is 11.1 Å². The van der Waals surface area contributed by atoms with Gasteiger partial charge in [-0.2, -0.15) is 0 Å². The van der Waals surface area contributed by atoms with Crippen molar-refractivity contribution in [3.8, 4) is 0 Å². The maximum atomic E-state index is 14.5. The van der Waals surface area contributed by atoms with E-state index in [0.717, 1.165) is 77.0 Å². The molecule has 3 aliphatic carbocycles. The van der Waals surface area contributed by atoms with Crippen molar-refractivity contribution in [2.75, 3.05) is 0 Å². The van der Waals surface area contributed by atoms with Crippen LogP contribution in [0.3, 0.4) is 0 Å². The normalized spacial score (nSPS) is 21.9. The molecule has 0 aromatic heterocycles. The molecule has 0 saturated heterocycles. The predicted octanol–water partition coefficient (Wildman–Crippen LogP) is 11.9. The third-order valence-electron chi connectivity index (χ3n) is 12.1. The smallest absolute Gasteiger partial charge is 0.253 e. The molecule has 288 valence electrons. The second-order valence-corrected chi connectivity index (χ2v) is 16.5. The molecule has 0 bridgehead atoms. The molecule has 0 unspecified atom stereocenters. The number of carbonyl (C=O) groups is 3. The average Bonchev–Trinajstić information content (AvgIpc) is 3.11. The van der Waals surface area contributed by atoms with Crippen LogP contribution in [-0.4, -0.2) is 35.8 Å². The largest absolute Gasteiger partial charge is 0.349 e. The van der Waals surface area contributed by atoms with Crippen LogP contribution in [0.15, 0.2) is 18.2 Å². The summed E-state index contributed by atoms with van der Waals surface area (Å²) in [5.41, 5.74) is 0.955. The number of carbonyl (C=O) groups excluding carboxylic acids is 3. The van der Waals surface area contributed by atoms with Gasteiger partial charge in [0.2, 0.25) is 0 Å². The Hall–Kier alpha value is -2.37. The molecular weight excluding hydrogens is 631 g/mol. The first kappa shape index (κ1) is 41.4. The van der Waals surface area contributed by atoms with Gasteiger partial charge in [0, 0.05) is 18.1 Å². The number of hydrogen-bond donors (Lipinski definition) is 3. The Morgan fingerprint density at radius 3 is 0.804 bits per heavy atom. The minimum atomic E-state index is -0.264. The average molecular weight is 706 g/mol. The van der Waals surface area contributed by atoms with Gasteiger partial charge in [-0.1, -0.05) is 179 Å². The van der Waals surface area contributed by atoms with Crippen LogP contribution in [0.1, 0.15) is 243 Å². The summed E-state index contributed by atoms with van der Waals surface area (Å²) >= 11 is 0. The first-order valence-corrected chi connectivity index (χ1v) is 22.2. The fourth-order valence-electron chi connectivity index (χ4n) is 8.88. The Bertz CT molecular complexity index is 1040. The van der Waals surface area contributed by atoms with Crippen molar-refractivity contribution in [2.45, 2.75) is 230 Å². The van der Waals surface area contributed by atoms with E-state index < -0.39 is 0 Å². The molecule has 3 saturated carbocycles. The zero-order valence-corrected chi connectivity index (χ0v) is 32.5. The summed E-state index contributed by atoms with van der Waals surface area (Å²) in [6.07, 6.45) is 39.1. The molecule has 51 heavy (non-hydrogen) atoms. The second-order valence-electron chi connectivity index (χ2n) is 16.5. The maximum Gasteiger partial charge on any atom is 0.253 e. The van der Waals surface area contributed by atoms with Crippen molar-refractivity contribution in [1.29, 1.82) is 0 Å². The van der Waals surface area contributed by atoms with Crippen LogP contribution >= 0.6 is 0 Å². The summed E-state index contributed by atoms with van der Waals surface area (Å²) in [6.45, 7) is 0. The van der Waals surface area contributed by atoms with E-state index in [1.165, 1.54) is 135 Å². The number of nitrogens with one attached hydrogen (secondary N) is 3. The lowest BCUT2D eigenvalue weighted by atomic mass is 9.94. The van der Waals surface area contributed by atoms with Gasteiger partial charge in [-0.05, 0) is 50.7 Å². The lowest BCUT2D eigenvalue weighted by Gasteiger charge is -2.24. The summed E-state index contributed by atoms with van der Waals surface area (Å²) in [4.78, 5) is 42.9. The molecule has 0 spiro atoms. The summed E-state index contributed by atoms with van der Waals surface area (Å²) in [7, 11) is 0. The fraction of sp³-hybridized carbons (Fsp3) is 0.800. The third-order valence-corrected chi connectivity index (χ3v) is 12.1. The Morgan fingerprint density at radius 2 is 0.549 bits per heavy atom. The molecule has 6 heteroatoms. The topological polar surface area (TPSA) is 87.3 Å². The lowest BCUT2D eigenvalue weighted by Crippen LogP contribution is -2.41. The summed E-state index contributed by atoms with van der Waals surface area (Å²) < 4.78 is 0. The standard InChI is InChI=1S/C45H75N3O3/c49-43(46-37-29-22-16-10-4-1-5-11-17-23-30-37)40-35-28-36-41(44(50)47-38-31-24-18-12-6-2-7-13-19-25-32-38)42(40)45(51)48-39-33-26-20-14-8-3-9-15-21-27-34-39/h28,35-39H,1-27,29-34H2,(H,46,49)(H,47,50)(H,48,51). The van der Waals surface area contributed by atoms with Crippen LogP contribution in [0.5, 0.6) is 0 Å². The van der Waals surface area contributed by atoms with Gasteiger partial charge in [-0.25, -0.2) is 0 Å². The molecule has 3 amide bonds. The highest BCUT2D eigenvalue weighted by molar-refractivity contribution is 6.14. The first-order valence-electron chi connectivity index (χ1n) is 22.2. The van der Waals surface area contributed by atoms with Crippen LogP contribution < -0.4 is 16.0 Å². The highest BCUT2D eigenvalue weighted by atomic mass is 16.2. The van der Waals surface area contributed by atoms with Crippen molar-refractivity contribution < 1.29 is 14.4 Å². The van der Waals surface area contributed by atoms with E-state index in [1.54, 1.807) is 18.2 Å². The van der Waals surface area contributed by atoms with Gasteiger partial charge in [0.05, 0.1) is 16.7 Å². The molecule has 6 nitrogen and oxygen atoms in total. The molecule has 0 aliphatic heterocycles. The van der Waals surface area contributed by atoms with E-state index >= 15 is 0 Å². The highest BCUT2D eigenvalue weighted by Gasteiger charge is 2.28. The van der Waals surface area contributed by atoms with Crippen LogP contribution in [0, 0.1) is 0 Å². The van der Waals surface area contributed by atoms with Crippen molar-refractivity contribution in [3.63, 3.8) is 0 Å². The molecule has 3 fully saturated rings. The van der Waals surface area contributed by atoms with E-state index in [-0.39, 0.29) is 41.4 Å². The van der Waals surface area contributed by atoms with Crippen LogP contribution in [0.4, 0.5) is 0 Å². The van der Waals surface area contributed by atoms with Gasteiger partial charge in [-0.3, -0.25) is 14.4 Å². The highest BCUT2D eigenvalue weighted by Crippen LogP contribution is 2.23. The van der Waals surface area contributed by atoms with E-state index in [4.69, 9.17) is 0 Å². The number of benzene rings is 1. The van der Waals surface area contributed by atoms with Crippen LogP contribution in [0.2, 0.25) is 0 Å². The summed E-state index contributed by atoms with van der Waals surface area (Å²) in [5.74, 6) is -0.687.